The van der Waals surface area contributed by atoms with Crippen LogP contribution < -0.4 is 16.1 Å². The van der Waals surface area contributed by atoms with Crippen molar-refractivity contribution in [1.82, 2.24) is 26.1 Å². The number of methoxy groups -OCH3 is 1. The van der Waals surface area contributed by atoms with E-state index in [9.17, 15) is 29.4 Å². The van der Waals surface area contributed by atoms with Gasteiger partial charge in [0.2, 0.25) is 5.91 Å². The molecule has 1 aromatic heterocycles. The number of amides is 3. The minimum absolute atomic E-state index is 0.296. The van der Waals surface area contributed by atoms with E-state index >= 15 is 0 Å². The van der Waals surface area contributed by atoms with Crippen LogP contribution in [-0.2, 0) is 23.9 Å². The summed E-state index contributed by atoms with van der Waals surface area (Å²) in [6, 6.07) is 7.38. The van der Waals surface area contributed by atoms with Gasteiger partial charge in [-0.15, -0.1) is 0 Å². The number of carboxylic acids is 1. The number of nitrogens with one attached hydrogen (secondary N) is 3. The SMILES string of the molecule is CO[C@@H](C)[C@H](O)C(=O)N[C@@H](C)C(=O)N1CCC[C@@H](C(=O)N[C@H](C)c2ccc3ccc(C=CC(C)(C)C(=O)O)cc3n2)N1. The zero-order chi connectivity index (χ0) is 31.2. The van der Waals surface area contributed by atoms with Crippen molar-refractivity contribution >= 4 is 40.7 Å². The van der Waals surface area contributed by atoms with Crippen molar-refractivity contribution < 1.29 is 34.1 Å². The Balaban J connectivity index is 1.63. The van der Waals surface area contributed by atoms with Gasteiger partial charge < -0.3 is 25.6 Å². The summed E-state index contributed by atoms with van der Waals surface area (Å²) < 4.78 is 4.96. The van der Waals surface area contributed by atoms with E-state index in [1.807, 2.05) is 37.3 Å². The molecule has 1 fully saturated rings. The lowest BCUT2D eigenvalue weighted by Gasteiger charge is -2.35. The van der Waals surface area contributed by atoms with Crippen LogP contribution in [-0.4, -0.2) is 81.8 Å². The number of carbonyl (C=O) groups excluding carboxylic acids is 3. The van der Waals surface area contributed by atoms with E-state index in [-0.39, 0.29) is 5.91 Å². The van der Waals surface area contributed by atoms with E-state index in [0.29, 0.717) is 30.6 Å². The molecular formula is C30H41N5O7. The third-order valence-electron chi connectivity index (χ3n) is 7.37. The standard InChI is InChI=1S/C30H41N5O7/c1-17(22-12-11-21-10-9-20(16-24(21)33-22)13-14-30(4,5)29(40)41)31-26(37)23-8-7-15-35(34-23)28(39)18(2)32-27(38)25(36)19(3)42-6/h9-14,16-19,23,25,34,36H,7-8,15H2,1-6H3,(H,31,37)(H,32,38)(H,40,41)/t17-,18+,19+,23+,25+/m1/s1. The first-order chi connectivity index (χ1) is 19.7. The van der Waals surface area contributed by atoms with Crippen molar-refractivity contribution in [2.45, 2.75) is 77.8 Å². The number of aliphatic carboxylic acids is 1. The van der Waals surface area contributed by atoms with E-state index in [1.165, 1.54) is 19.0 Å². The molecule has 2 heterocycles. The van der Waals surface area contributed by atoms with Gasteiger partial charge in [0, 0.05) is 19.0 Å². The third kappa shape index (κ3) is 8.11. The van der Waals surface area contributed by atoms with Gasteiger partial charge in [0.15, 0.2) is 6.10 Å². The van der Waals surface area contributed by atoms with Crippen LogP contribution in [0.4, 0.5) is 0 Å². The van der Waals surface area contributed by atoms with Crippen molar-refractivity contribution in [3.8, 4) is 0 Å². The second-order valence-corrected chi connectivity index (χ2v) is 11.2. The van der Waals surface area contributed by atoms with Gasteiger partial charge in [-0.3, -0.25) is 29.2 Å². The Hall–Kier alpha value is -3.87. The molecule has 0 spiro atoms. The number of aromatic nitrogens is 1. The Kier molecular flexibility index (Phi) is 10.8. The van der Waals surface area contributed by atoms with Gasteiger partial charge in [-0.25, -0.2) is 5.43 Å². The molecule has 228 valence electrons. The quantitative estimate of drug-likeness (QED) is 0.265. The van der Waals surface area contributed by atoms with Gasteiger partial charge in [0.1, 0.15) is 12.1 Å². The number of benzene rings is 1. The molecule has 0 radical (unpaired) electrons. The first-order valence-corrected chi connectivity index (χ1v) is 14.0. The summed E-state index contributed by atoms with van der Waals surface area (Å²) >= 11 is 0. The molecule has 1 saturated heterocycles. The minimum Gasteiger partial charge on any atom is -0.481 e. The summed E-state index contributed by atoms with van der Waals surface area (Å²) in [6.45, 7) is 8.48. The molecular weight excluding hydrogens is 542 g/mol. The normalized spacial score (nSPS) is 18.7. The average Bonchev–Trinajstić information content (AvgIpc) is 2.98. The van der Waals surface area contributed by atoms with Crippen LogP contribution in [0.25, 0.3) is 17.0 Å². The maximum absolute atomic E-state index is 13.1. The molecule has 42 heavy (non-hydrogen) atoms. The van der Waals surface area contributed by atoms with E-state index in [4.69, 9.17) is 9.72 Å². The van der Waals surface area contributed by atoms with Crippen LogP contribution in [0, 0.1) is 5.41 Å². The summed E-state index contributed by atoms with van der Waals surface area (Å²) in [4.78, 5) is 54.4. The molecule has 1 aliphatic rings. The molecule has 0 saturated carbocycles. The molecule has 5 N–H and O–H groups in total. The van der Waals surface area contributed by atoms with Gasteiger partial charge in [-0.2, -0.15) is 0 Å². The van der Waals surface area contributed by atoms with E-state index in [1.54, 1.807) is 32.9 Å². The van der Waals surface area contributed by atoms with Crippen LogP contribution >= 0.6 is 0 Å². The number of nitrogens with zero attached hydrogens (tertiary/aromatic N) is 2. The van der Waals surface area contributed by atoms with Crippen molar-refractivity contribution in [3.63, 3.8) is 0 Å². The summed E-state index contributed by atoms with van der Waals surface area (Å²) in [6.07, 6.45) is 2.33. The Morgan fingerprint density at radius 1 is 1.14 bits per heavy atom. The van der Waals surface area contributed by atoms with E-state index in [0.717, 1.165) is 10.9 Å². The van der Waals surface area contributed by atoms with Crippen LogP contribution in [0.1, 0.15) is 64.8 Å². The fraction of sp³-hybridized carbons (Fsp3) is 0.500. The first kappa shape index (κ1) is 32.6. The topological polar surface area (TPSA) is 170 Å². The average molecular weight is 584 g/mol. The molecule has 5 atom stereocenters. The summed E-state index contributed by atoms with van der Waals surface area (Å²) in [5.41, 5.74) is 4.11. The second-order valence-electron chi connectivity index (χ2n) is 11.2. The van der Waals surface area contributed by atoms with Crippen molar-refractivity contribution in [2.75, 3.05) is 13.7 Å². The lowest BCUT2D eigenvalue weighted by atomic mass is 9.92. The smallest absolute Gasteiger partial charge is 0.312 e. The predicted molar refractivity (Wildman–Crippen MR) is 157 cm³/mol. The lowest BCUT2D eigenvalue weighted by Crippen LogP contribution is -2.61. The molecule has 3 amide bonds. The van der Waals surface area contributed by atoms with Gasteiger partial charge in [0.25, 0.3) is 11.8 Å². The molecule has 3 rings (SSSR count). The van der Waals surface area contributed by atoms with Crippen molar-refractivity contribution in [3.05, 3.63) is 47.7 Å². The number of hydrogen-bond acceptors (Lipinski definition) is 8. The Labute approximate surface area is 245 Å². The molecule has 1 aliphatic heterocycles. The molecule has 0 unspecified atom stereocenters. The fourth-order valence-corrected chi connectivity index (χ4v) is 4.33. The predicted octanol–water partition coefficient (Wildman–Crippen LogP) is 1.93. The maximum atomic E-state index is 13.1. The molecule has 1 aromatic carbocycles. The number of rotatable bonds is 11. The highest BCUT2D eigenvalue weighted by Crippen LogP contribution is 2.22. The highest BCUT2D eigenvalue weighted by Gasteiger charge is 2.32. The van der Waals surface area contributed by atoms with E-state index in [2.05, 4.69) is 16.1 Å². The van der Waals surface area contributed by atoms with Gasteiger partial charge in [-0.1, -0.05) is 30.4 Å². The first-order valence-electron chi connectivity index (χ1n) is 14.0. The number of aliphatic hydroxyl groups excluding tert-OH is 1. The highest BCUT2D eigenvalue weighted by molar-refractivity contribution is 5.90. The number of aliphatic hydroxyl groups is 1. The van der Waals surface area contributed by atoms with Crippen LogP contribution in [0.15, 0.2) is 36.4 Å². The highest BCUT2D eigenvalue weighted by atomic mass is 16.5. The monoisotopic (exact) mass is 583 g/mol. The number of hydrazine groups is 1. The fourth-order valence-electron chi connectivity index (χ4n) is 4.33. The maximum Gasteiger partial charge on any atom is 0.312 e. The molecule has 12 nitrogen and oxygen atoms in total. The van der Waals surface area contributed by atoms with Crippen LogP contribution in [0.2, 0.25) is 0 Å². The second kappa shape index (κ2) is 13.9. The zero-order valence-electron chi connectivity index (χ0n) is 24.9. The number of carboxylic acid groups (broad SMARTS) is 1. The van der Waals surface area contributed by atoms with Crippen LogP contribution in [0.5, 0.6) is 0 Å². The van der Waals surface area contributed by atoms with Crippen LogP contribution in [0.3, 0.4) is 0 Å². The Bertz CT molecular complexity index is 1340. The number of pyridine rings is 1. The number of ether oxygens (including phenoxy) is 1. The number of carbonyl (C=O) groups is 4. The number of fused-ring (bicyclic) bond motifs is 1. The minimum atomic E-state index is -1.42. The van der Waals surface area contributed by atoms with Crippen molar-refractivity contribution in [2.24, 2.45) is 5.41 Å². The molecule has 12 heteroatoms. The third-order valence-corrected chi connectivity index (χ3v) is 7.37. The molecule has 0 aliphatic carbocycles. The summed E-state index contributed by atoms with van der Waals surface area (Å²) in [5, 5.41) is 27.0. The Morgan fingerprint density at radius 3 is 2.50 bits per heavy atom. The molecule has 2 aromatic rings. The van der Waals surface area contributed by atoms with E-state index < -0.39 is 53.5 Å². The summed E-state index contributed by atoms with van der Waals surface area (Å²) in [5.74, 6) is -2.37. The Morgan fingerprint density at radius 2 is 1.83 bits per heavy atom. The number of hydrogen-bond donors (Lipinski definition) is 5. The lowest BCUT2D eigenvalue weighted by molar-refractivity contribution is -0.146. The van der Waals surface area contributed by atoms with Crippen molar-refractivity contribution in [1.29, 1.82) is 0 Å². The summed E-state index contributed by atoms with van der Waals surface area (Å²) in [7, 11) is 1.37. The van der Waals surface area contributed by atoms with Gasteiger partial charge in [-0.05, 0) is 65.2 Å². The largest absolute Gasteiger partial charge is 0.481 e. The molecule has 0 bridgehead atoms. The van der Waals surface area contributed by atoms with Gasteiger partial charge in [0.05, 0.1) is 28.8 Å². The zero-order valence-corrected chi connectivity index (χ0v) is 24.9. The van der Waals surface area contributed by atoms with Gasteiger partial charge >= 0.3 is 5.97 Å².